The van der Waals surface area contributed by atoms with Gasteiger partial charge in [0.05, 0.1) is 0 Å². The molecule has 5 nitrogen and oxygen atoms in total. The van der Waals surface area contributed by atoms with Gasteiger partial charge in [0, 0.05) is 12.4 Å². The van der Waals surface area contributed by atoms with E-state index in [0.29, 0.717) is 0 Å². The van der Waals surface area contributed by atoms with E-state index in [4.69, 9.17) is 5.73 Å². The van der Waals surface area contributed by atoms with Gasteiger partial charge in [-0.3, -0.25) is 4.79 Å². The van der Waals surface area contributed by atoms with E-state index < -0.39 is 16.0 Å². The summed E-state index contributed by atoms with van der Waals surface area (Å²) < 4.78 is 10.7. The summed E-state index contributed by atoms with van der Waals surface area (Å²) in [6.45, 7) is 0. The predicted molar refractivity (Wildman–Crippen MR) is 34.6 cm³/mol. The second-order valence-electron chi connectivity index (χ2n) is 1.48. The van der Waals surface area contributed by atoms with E-state index in [2.05, 4.69) is 9.97 Å². The third kappa shape index (κ3) is 1.21. The molecule has 1 aromatic heterocycles. The van der Waals surface area contributed by atoms with Crippen LogP contribution in [0, 0.1) is 0 Å². The SMILES string of the molecule is NC(=O)S(=O)c1ncc[nH]1. The second kappa shape index (κ2) is 2.61. The third-order valence-electron chi connectivity index (χ3n) is 0.831. The number of rotatable bonds is 1. The van der Waals surface area contributed by atoms with Gasteiger partial charge in [-0.1, -0.05) is 0 Å². The van der Waals surface area contributed by atoms with E-state index in [0.717, 1.165) is 0 Å². The summed E-state index contributed by atoms with van der Waals surface area (Å²) in [4.78, 5) is 16.3. The Kier molecular flexibility index (Phi) is 1.81. The number of carbonyl (C=O) groups excluding carboxylic acids is 1. The van der Waals surface area contributed by atoms with Crippen molar-refractivity contribution < 1.29 is 9.00 Å². The highest BCUT2D eigenvalue weighted by Crippen LogP contribution is 1.95. The van der Waals surface area contributed by atoms with E-state index in [9.17, 15) is 9.00 Å². The van der Waals surface area contributed by atoms with E-state index in [1.54, 1.807) is 0 Å². The molecule has 0 spiro atoms. The third-order valence-corrected chi connectivity index (χ3v) is 1.77. The number of aromatic nitrogens is 2. The van der Waals surface area contributed by atoms with Crippen molar-refractivity contribution in [3.8, 4) is 0 Å². The first-order chi connectivity index (χ1) is 4.72. The lowest BCUT2D eigenvalue weighted by atomic mass is 11.0. The number of aromatic amines is 1. The molecule has 0 aliphatic heterocycles. The van der Waals surface area contributed by atoms with Crippen molar-refractivity contribution in [3.05, 3.63) is 12.4 Å². The number of hydrogen-bond acceptors (Lipinski definition) is 3. The first kappa shape index (κ1) is 6.94. The van der Waals surface area contributed by atoms with Crippen LogP contribution in [0.3, 0.4) is 0 Å². The monoisotopic (exact) mass is 159 g/mol. The fourth-order valence-corrected chi connectivity index (χ4v) is 0.970. The smallest absolute Gasteiger partial charge is 0.314 e. The van der Waals surface area contributed by atoms with E-state index in [1.165, 1.54) is 12.4 Å². The molecule has 1 amide bonds. The van der Waals surface area contributed by atoms with Gasteiger partial charge < -0.3 is 10.7 Å². The minimum atomic E-state index is -1.83. The molecule has 1 unspecified atom stereocenters. The van der Waals surface area contributed by atoms with Crippen molar-refractivity contribution in [1.82, 2.24) is 9.97 Å². The Labute approximate surface area is 59.1 Å². The van der Waals surface area contributed by atoms with Gasteiger partial charge in [-0.05, 0) is 0 Å². The zero-order valence-corrected chi connectivity index (χ0v) is 5.72. The Bertz CT molecular complexity index is 255. The van der Waals surface area contributed by atoms with Crippen LogP contribution in [0.15, 0.2) is 17.6 Å². The van der Waals surface area contributed by atoms with Crippen LogP contribution in [-0.4, -0.2) is 19.4 Å². The number of nitrogens with one attached hydrogen (secondary N) is 1. The van der Waals surface area contributed by atoms with Crippen molar-refractivity contribution in [2.45, 2.75) is 5.16 Å². The van der Waals surface area contributed by atoms with Gasteiger partial charge in [-0.25, -0.2) is 9.19 Å². The highest BCUT2D eigenvalue weighted by molar-refractivity contribution is 8.00. The highest BCUT2D eigenvalue weighted by atomic mass is 32.2. The molecule has 54 valence electrons. The van der Waals surface area contributed by atoms with Crippen molar-refractivity contribution in [3.63, 3.8) is 0 Å². The van der Waals surface area contributed by atoms with Crippen LogP contribution in [0.4, 0.5) is 4.79 Å². The molecular formula is C4H5N3O2S. The largest absolute Gasteiger partial charge is 0.358 e. The lowest BCUT2D eigenvalue weighted by Gasteiger charge is -1.87. The summed E-state index contributed by atoms with van der Waals surface area (Å²) >= 11 is 0. The number of hydrogen-bond donors (Lipinski definition) is 2. The maximum absolute atomic E-state index is 10.7. The average Bonchev–Trinajstić information content (AvgIpc) is 2.36. The summed E-state index contributed by atoms with van der Waals surface area (Å²) in [7, 11) is -1.83. The van der Waals surface area contributed by atoms with Crippen LogP contribution in [0.5, 0.6) is 0 Å². The highest BCUT2D eigenvalue weighted by Gasteiger charge is 2.11. The molecule has 0 saturated carbocycles. The number of primary amides is 1. The summed E-state index contributed by atoms with van der Waals surface area (Å²) in [5.41, 5.74) is 4.73. The maximum Gasteiger partial charge on any atom is 0.314 e. The summed E-state index contributed by atoms with van der Waals surface area (Å²) in [5.74, 6) is 0. The van der Waals surface area contributed by atoms with E-state index in [-0.39, 0.29) is 5.16 Å². The molecule has 0 fully saturated rings. The van der Waals surface area contributed by atoms with Crippen molar-refractivity contribution in [2.75, 3.05) is 0 Å². The van der Waals surface area contributed by atoms with Gasteiger partial charge in [-0.15, -0.1) is 0 Å². The Morgan fingerprint density at radius 2 is 2.50 bits per heavy atom. The molecule has 6 heteroatoms. The predicted octanol–water partition coefficient (Wildman–Crippen LogP) is -0.404. The first-order valence-electron chi connectivity index (χ1n) is 2.42. The normalized spacial score (nSPS) is 12.8. The van der Waals surface area contributed by atoms with Crippen LogP contribution >= 0.6 is 0 Å². The Balaban J connectivity index is 2.88. The maximum atomic E-state index is 10.7. The Morgan fingerprint density at radius 1 is 1.80 bits per heavy atom. The fourth-order valence-electron chi connectivity index (χ4n) is 0.447. The topological polar surface area (TPSA) is 88.8 Å². The van der Waals surface area contributed by atoms with Crippen LogP contribution < -0.4 is 5.73 Å². The van der Waals surface area contributed by atoms with Gasteiger partial charge in [0.1, 0.15) is 0 Å². The van der Waals surface area contributed by atoms with Gasteiger partial charge in [0.15, 0.2) is 10.8 Å². The summed E-state index contributed by atoms with van der Waals surface area (Å²) in [6.07, 6.45) is 2.87. The zero-order valence-electron chi connectivity index (χ0n) is 4.90. The Hall–Kier alpha value is -1.17. The summed E-state index contributed by atoms with van der Waals surface area (Å²) in [6, 6.07) is 0. The van der Waals surface area contributed by atoms with Crippen LogP contribution in [0.25, 0.3) is 0 Å². The summed E-state index contributed by atoms with van der Waals surface area (Å²) in [5, 5.41) is -0.803. The van der Waals surface area contributed by atoms with Gasteiger partial charge in [0.2, 0.25) is 5.16 Å². The zero-order chi connectivity index (χ0) is 7.56. The molecule has 1 rings (SSSR count). The fraction of sp³-hybridized carbons (Fsp3) is 0. The first-order valence-corrected chi connectivity index (χ1v) is 3.57. The minimum absolute atomic E-state index is 0.0903. The van der Waals surface area contributed by atoms with Crippen LogP contribution in [0.2, 0.25) is 0 Å². The molecule has 0 aliphatic carbocycles. The number of nitrogens with two attached hydrogens (primary N) is 1. The molecule has 0 aromatic carbocycles. The Morgan fingerprint density at radius 3 is 2.90 bits per heavy atom. The standard InChI is InChI=1S/C4H5N3O2S/c5-3(8)10(9)4-6-1-2-7-4/h1-2H,(H2,5,8)(H,6,7). The average molecular weight is 159 g/mol. The molecule has 0 bridgehead atoms. The van der Waals surface area contributed by atoms with Gasteiger partial charge in [-0.2, -0.15) is 0 Å². The molecule has 3 N–H and O–H groups in total. The molecule has 0 radical (unpaired) electrons. The van der Waals surface area contributed by atoms with Crippen molar-refractivity contribution >= 4 is 16.0 Å². The molecule has 1 atom stereocenters. The molecule has 0 saturated heterocycles. The van der Waals surface area contributed by atoms with Crippen molar-refractivity contribution in [2.24, 2.45) is 5.73 Å². The molecule has 10 heavy (non-hydrogen) atoms. The van der Waals surface area contributed by atoms with Gasteiger partial charge in [0.25, 0.3) is 0 Å². The van der Waals surface area contributed by atoms with E-state index >= 15 is 0 Å². The molecule has 0 aliphatic rings. The number of H-pyrrole nitrogens is 1. The number of imidazole rings is 1. The molecule has 1 heterocycles. The van der Waals surface area contributed by atoms with Crippen molar-refractivity contribution in [1.29, 1.82) is 0 Å². The van der Waals surface area contributed by atoms with Gasteiger partial charge >= 0.3 is 5.24 Å². The lowest BCUT2D eigenvalue weighted by Crippen LogP contribution is -2.16. The quantitative estimate of drug-likeness (QED) is 0.584. The second-order valence-corrected chi connectivity index (χ2v) is 2.81. The van der Waals surface area contributed by atoms with E-state index in [1.807, 2.05) is 0 Å². The molecular weight excluding hydrogens is 154 g/mol. The molecule has 1 aromatic rings. The minimum Gasteiger partial charge on any atom is -0.358 e. The number of nitrogens with zero attached hydrogens (tertiary/aromatic N) is 1. The van der Waals surface area contributed by atoms with Crippen LogP contribution in [-0.2, 0) is 10.8 Å². The lowest BCUT2D eigenvalue weighted by molar-refractivity contribution is 0.266. The van der Waals surface area contributed by atoms with Crippen LogP contribution in [0.1, 0.15) is 0 Å². The number of carbonyl (C=O) groups is 1. The number of amides is 1.